The van der Waals surface area contributed by atoms with Crippen LogP contribution < -0.4 is 0 Å². The van der Waals surface area contributed by atoms with Crippen molar-refractivity contribution in [1.82, 2.24) is 0 Å². The lowest BCUT2D eigenvalue weighted by Crippen LogP contribution is -2.25. The Morgan fingerprint density at radius 3 is 2.00 bits per heavy atom. The van der Waals surface area contributed by atoms with Crippen LogP contribution in [0.4, 0.5) is 0 Å². The maximum absolute atomic E-state index is 12.6. The lowest BCUT2D eigenvalue weighted by Gasteiger charge is -2.19. The first kappa shape index (κ1) is 21.8. The lowest BCUT2D eigenvalue weighted by atomic mass is 9.97. The van der Waals surface area contributed by atoms with E-state index in [2.05, 4.69) is 26.0 Å². The van der Waals surface area contributed by atoms with Gasteiger partial charge in [-0.15, -0.1) is 0 Å². The number of carbonyl (C=O) groups is 1. The fourth-order valence-corrected chi connectivity index (χ4v) is 3.26. The summed E-state index contributed by atoms with van der Waals surface area (Å²) < 4.78 is 11.7. The van der Waals surface area contributed by atoms with Crippen LogP contribution >= 0.6 is 0 Å². The van der Waals surface area contributed by atoms with Crippen LogP contribution in [-0.4, -0.2) is 12.3 Å². The van der Waals surface area contributed by atoms with Gasteiger partial charge in [0.1, 0.15) is 0 Å². The molecule has 2 atom stereocenters. The molecule has 0 saturated heterocycles. The zero-order valence-electron chi connectivity index (χ0n) is 17.8. The van der Waals surface area contributed by atoms with E-state index in [0.717, 1.165) is 23.1 Å². The summed E-state index contributed by atoms with van der Waals surface area (Å²) in [6, 6.07) is 28.1. The number of rotatable bonds is 10. The molecule has 0 saturated carbocycles. The van der Waals surface area contributed by atoms with E-state index in [1.807, 2.05) is 72.8 Å². The smallest absolute Gasteiger partial charge is 0.312 e. The van der Waals surface area contributed by atoms with Crippen molar-refractivity contribution in [2.75, 3.05) is 0 Å². The highest BCUT2D eigenvalue weighted by atomic mass is 16.7. The van der Waals surface area contributed by atoms with E-state index in [-0.39, 0.29) is 12.4 Å². The van der Waals surface area contributed by atoms with E-state index in [9.17, 15) is 4.79 Å². The van der Waals surface area contributed by atoms with Crippen molar-refractivity contribution in [3.63, 3.8) is 0 Å². The Morgan fingerprint density at radius 2 is 1.40 bits per heavy atom. The molecule has 0 N–H and O–H groups in total. The molecule has 2 unspecified atom stereocenters. The molecule has 0 amide bonds. The van der Waals surface area contributed by atoms with Crippen LogP contribution in [0.1, 0.15) is 48.4 Å². The predicted molar refractivity (Wildman–Crippen MR) is 120 cm³/mol. The molecule has 0 aliphatic rings. The summed E-state index contributed by atoms with van der Waals surface area (Å²) in [7, 11) is 0. The highest BCUT2D eigenvalue weighted by molar-refractivity contribution is 5.72. The van der Waals surface area contributed by atoms with Gasteiger partial charge in [-0.05, 0) is 34.6 Å². The Morgan fingerprint density at radius 1 is 0.800 bits per heavy atom. The standard InChI is InChI=1S/C27H30O3/c1-3-21(2)25-16-14-23(15-17-25)18-26(28)30-27(19-22-10-6-4-7-11-22)29-20-24-12-8-5-9-13-24/h4-17,21,27H,3,18-20H2,1-2H3. The number of benzene rings is 3. The van der Waals surface area contributed by atoms with Crippen LogP contribution in [0.5, 0.6) is 0 Å². The summed E-state index contributed by atoms with van der Waals surface area (Å²) in [4.78, 5) is 12.6. The molecule has 30 heavy (non-hydrogen) atoms. The summed E-state index contributed by atoms with van der Waals surface area (Å²) in [6.45, 7) is 4.79. The van der Waals surface area contributed by atoms with E-state index < -0.39 is 6.29 Å². The summed E-state index contributed by atoms with van der Waals surface area (Å²) in [5.41, 5.74) is 4.37. The summed E-state index contributed by atoms with van der Waals surface area (Å²) in [5, 5.41) is 0. The Bertz CT molecular complexity index is 888. The molecule has 0 aliphatic carbocycles. The molecule has 156 valence electrons. The van der Waals surface area contributed by atoms with Crippen molar-refractivity contribution in [1.29, 1.82) is 0 Å². The van der Waals surface area contributed by atoms with Crippen molar-refractivity contribution < 1.29 is 14.3 Å². The molecule has 0 bridgehead atoms. The molecule has 3 rings (SSSR count). The number of hydrogen-bond donors (Lipinski definition) is 0. The summed E-state index contributed by atoms with van der Waals surface area (Å²) in [6.07, 6.45) is 1.23. The Hall–Kier alpha value is -2.91. The maximum atomic E-state index is 12.6. The zero-order chi connectivity index (χ0) is 21.2. The largest absolute Gasteiger partial charge is 0.435 e. The molecule has 0 fully saturated rings. The van der Waals surface area contributed by atoms with Gasteiger partial charge in [-0.25, -0.2) is 0 Å². The Labute approximate surface area is 179 Å². The van der Waals surface area contributed by atoms with Gasteiger partial charge in [-0.3, -0.25) is 4.79 Å². The van der Waals surface area contributed by atoms with Gasteiger partial charge < -0.3 is 9.47 Å². The maximum Gasteiger partial charge on any atom is 0.312 e. The first-order valence-electron chi connectivity index (χ1n) is 10.6. The van der Waals surface area contributed by atoms with Crippen LogP contribution in [0, 0.1) is 0 Å². The van der Waals surface area contributed by atoms with Crippen LogP contribution in [0.25, 0.3) is 0 Å². The highest BCUT2D eigenvalue weighted by Crippen LogP contribution is 2.19. The molecule has 0 spiro atoms. The molecule has 3 aromatic carbocycles. The predicted octanol–water partition coefficient (Wildman–Crippen LogP) is 6.07. The van der Waals surface area contributed by atoms with Crippen LogP contribution in [0.2, 0.25) is 0 Å². The SMILES string of the molecule is CCC(C)c1ccc(CC(=O)OC(Cc2ccccc2)OCc2ccccc2)cc1. The number of hydrogen-bond acceptors (Lipinski definition) is 3. The van der Waals surface area contributed by atoms with Gasteiger partial charge >= 0.3 is 5.97 Å². The molecule has 3 heteroatoms. The third-order valence-electron chi connectivity index (χ3n) is 5.30. The molecular weight excluding hydrogens is 372 g/mol. The highest BCUT2D eigenvalue weighted by Gasteiger charge is 2.17. The average molecular weight is 403 g/mol. The Kier molecular flexibility index (Phi) is 8.22. The first-order valence-corrected chi connectivity index (χ1v) is 10.6. The van der Waals surface area contributed by atoms with Gasteiger partial charge in [0.15, 0.2) is 0 Å². The van der Waals surface area contributed by atoms with Gasteiger partial charge in [0, 0.05) is 6.42 Å². The third-order valence-corrected chi connectivity index (χ3v) is 5.30. The quantitative estimate of drug-likeness (QED) is 0.305. The minimum Gasteiger partial charge on any atom is -0.435 e. The number of ether oxygens (including phenoxy) is 2. The van der Waals surface area contributed by atoms with Crippen molar-refractivity contribution in [3.8, 4) is 0 Å². The van der Waals surface area contributed by atoms with Gasteiger partial charge in [-0.2, -0.15) is 0 Å². The van der Waals surface area contributed by atoms with Crippen LogP contribution in [0.3, 0.4) is 0 Å². The van der Waals surface area contributed by atoms with E-state index in [1.165, 1.54) is 5.56 Å². The average Bonchev–Trinajstić information content (AvgIpc) is 2.79. The monoisotopic (exact) mass is 402 g/mol. The topological polar surface area (TPSA) is 35.5 Å². The van der Waals surface area contributed by atoms with Crippen LogP contribution in [-0.2, 0) is 33.7 Å². The van der Waals surface area contributed by atoms with Gasteiger partial charge in [0.2, 0.25) is 6.29 Å². The Balaban J connectivity index is 1.61. The van der Waals surface area contributed by atoms with Gasteiger partial charge in [0.05, 0.1) is 13.0 Å². The lowest BCUT2D eigenvalue weighted by molar-refractivity contribution is -0.180. The van der Waals surface area contributed by atoms with Crippen molar-refractivity contribution in [2.45, 2.75) is 51.9 Å². The molecule has 3 nitrogen and oxygen atoms in total. The molecule has 0 aliphatic heterocycles. The van der Waals surface area contributed by atoms with Crippen molar-refractivity contribution >= 4 is 5.97 Å². The molecule has 3 aromatic rings. The van der Waals surface area contributed by atoms with Crippen molar-refractivity contribution in [3.05, 3.63) is 107 Å². The molecule has 0 aromatic heterocycles. The minimum atomic E-state index is -0.625. The van der Waals surface area contributed by atoms with E-state index in [4.69, 9.17) is 9.47 Å². The second kappa shape index (κ2) is 11.3. The summed E-state index contributed by atoms with van der Waals surface area (Å²) >= 11 is 0. The summed E-state index contributed by atoms with van der Waals surface area (Å²) in [5.74, 6) is 0.243. The van der Waals surface area contributed by atoms with E-state index in [0.29, 0.717) is 18.9 Å². The fraction of sp³-hybridized carbons (Fsp3) is 0.296. The zero-order valence-corrected chi connectivity index (χ0v) is 17.8. The number of esters is 1. The van der Waals surface area contributed by atoms with Gasteiger partial charge in [0.25, 0.3) is 0 Å². The fourth-order valence-electron chi connectivity index (χ4n) is 3.26. The van der Waals surface area contributed by atoms with E-state index >= 15 is 0 Å². The minimum absolute atomic E-state index is 0.237. The second-order valence-corrected chi connectivity index (χ2v) is 7.63. The second-order valence-electron chi connectivity index (χ2n) is 7.63. The van der Waals surface area contributed by atoms with Crippen molar-refractivity contribution in [2.24, 2.45) is 0 Å². The molecular formula is C27H30O3. The first-order chi connectivity index (χ1) is 14.6. The van der Waals surface area contributed by atoms with Gasteiger partial charge in [-0.1, -0.05) is 98.8 Å². The van der Waals surface area contributed by atoms with E-state index in [1.54, 1.807) is 0 Å². The van der Waals surface area contributed by atoms with Crippen LogP contribution in [0.15, 0.2) is 84.9 Å². The molecule has 0 radical (unpaired) electrons. The normalized spacial score (nSPS) is 12.9. The molecule has 0 heterocycles. The third kappa shape index (κ3) is 6.85. The number of carbonyl (C=O) groups excluding carboxylic acids is 1.